The Bertz CT molecular complexity index is 785. The van der Waals surface area contributed by atoms with E-state index in [0.29, 0.717) is 12.3 Å². The number of hydrogen-bond acceptors (Lipinski definition) is 6. The molecule has 0 aromatic carbocycles. The van der Waals surface area contributed by atoms with Crippen LogP contribution >= 0.6 is 11.3 Å². The van der Waals surface area contributed by atoms with E-state index >= 15 is 0 Å². The first kappa shape index (κ1) is 16.7. The van der Waals surface area contributed by atoms with Crippen LogP contribution in [0.3, 0.4) is 0 Å². The molecule has 4 rings (SSSR count). The van der Waals surface area contributed by atoms with Gasteiger partial charge in [-0.25, -0.2) is 9.97 Å². The quantitative estimate of drug-likeness (QED) is 0.853. The highest BCUT2D eigenvalue weighted by molar-refractivity contribution is 7.19. The van der Waals surface area contributed by atoms with Gasteiger partial charge in [0, 0.05) is 4.88 Å². The van der Waals surface area contributed by atoms with E-state index in [4.69, 9.17) is 10.5 Å². The van der Waals surface area contributed by atoms with Gasteiger partial charge in [0.25, 0.3) is 0 Å². The SMILES string of the molecule is NC(=O)[C@H](O)C[C@H]1CCc2sc3ncnc(OC4CCCCC4)c3c21. The molecule has 6 nitrogen and oxygen atoms in total. The highest BCUT2D eigenvalue weighted by Crippen LogP contribution is 2.47. The van der Waals surface area contributed by atoms with Crippen LogP contribution in [-0.4, -0.2) is 33.2 Å². The number of nitrogens with zero attached hydrogens (tertiary/aromatic N) is 2. The molecule has 7 heteroatoms. The third kappa shape index (κ3) is 3.22. The number of amides is 1. The largest absolute Gasteiger partial charge is 0.474 e. The zero-order valence-electron chi connectivity index (χ0n) is 14.1. The van der Waals surface area contributed by atoms with Crippen LogP contribution in [0.25, 0.3) is 10.2 Å². The maximum absolute atomic E-state index is 11.3. The Morgan fingerprint density at radius 2 is 2.12 bits per heavy atom. The van der Waals surface area contributed by atoms with Crippen molar-refractivity contribution in [1.29, 1.82) is 0 Å². The Morgan fingerprint density at radius 3 is 2.88 bits per heavy atom. The second kappa shape index (κ2) is 6.88. The summed E-state index contributed by atoms with van der Waals surface area (Å²) in [4.78, 5) is 22.3. The van der Waals surface area contributed by atoms with Crippen molar-refractivity contribution < 1.29 is 14.6 Å². The van der Waals surface area contributed by atoms with Gasteiger partial charge in [0.05, 0.1) is 5.39 Å². The third-order valence-electron chi connectivity index (χ3n) is 5.36. The Morgan fingerprint density at radius 1 is 1.32 bits per heavy atom. The van der Waals surface area contributed by atoms with E-state index in [0.717, 1.165) is 41.5 Å². The van der Waals surface area contributed by atoms with Crippen LogP contribution in [0.2, 0.25) is 0 Å². The zero-order valence-corrected chi connectivity index (χ0v) is 14.9. The van der Waals surface area contributed by atoms with Gasteiger partial charge in [-0.2, -0.15) is 0 Å². The minimum absolute atomic E-state index is 0.103. The highest BCUT2D eigenvalue weighted by Gasteiger charge is 2.33. The molecule has 0 unspecified atom stereocenters. The predicted molar refractivity (Wildman–Crippen MR) is 95.8 cm³/mol. The Hall–Kier alpha value is -1.73. The molecule has 1 amide bonds. The van der Waals surface area contributed by atoms with Gasteiger partial charge in [-0.3, -0.25) is 4.79 Å². The summed E-state index contributed by atoms with van der Waals surface area (Å²) < 4.78 is 6.25. The van der Waals surface area contributed by atoms with Crippen molar-refractivity contribution in [3.05, 3.63) is 16.8 Å². The first-order chi connectivity index (χ1) is 12.1. The molecular formula is C18H23N3O3S. The number of carbonyl (C=O) groups is 1. The fraction of sp³-hybridized carbons (Fsp3) is 0.611. The summed E-state index contributed by atoms with van der Waals surface area (Å²) in [5.41, 5.74) is 6.40. The van der Waals surface area contributed by atoms with E-state index < -0.39 is 12.0 Å². The van der Waals surface area contributed by atoms with E-state index in [2.05, 4.69) is 9.97 Å². The van der Waals surface area contributed by atoms with E-state index in [1.807, 2.05) is 0 Å². The summed E-state index contributed by atoms with van der Waals surface area (Å²) >= 11 is 1.67. The molecule has 3 N–H and O–H groups in total. The van der Waals surface area contributed by atoms with Crippen molar-refractivity contribution >= 4 is 27.5 Å². The maximum Gasteiger partial charge on any atom is 0.246 e. The molecule has 2 aromatic rings. The normalized spacial score (nSPS) is 22.0. The number of aliphatic hydroxyl groups is 1. The van der Waals surface area contributed by atoms with Gasteiger partial charge < -0.3 is 15.6 Å². The van der Waals surface area contributed by atoms with Crippen LogP contribution in [0, 0.1) is 0 Å². The van der Waals surface area contributed by atoms with Gasteiger partial charge in [0.1, 0.15) is 23.4 Å². The summed E-state index contributed by atoms with van der Waals surface area (Å²) in [5.74, 6) is 0.101. The molecule has 0 bridgehead atoms. The van der Waals surface area contributed by atoms with Gasteiger partial charge in [-0.1, -0.05) is 6.42 Å². The second-order valence-corrected chi connectivity index (χ2v) is 8.15. The smallest absolute Gasteiger partial charge is 0.246 e. The molecule has 0 radical (unpaired) electrons. The van der Waals surface area contributed by atoms with Gasteiger partial charge in [0.15, 0.2) is 0 Å². The number of ether oxygens (including phenoxy) is 1. The molecule has 2 aliphatic rings. The van der Waals surface area contributed by atoms with Crippen LogP contribution in [0.5, 0.6) is 5.88 Å². The van der Waals surface area contributed by atoms with Crippen molar-refractivity contribution in [1.82, 2.24) is 9.97 Å². The monoisotopic (exact) mass is 361 g/mol. The number of aromatic nitrogens is 2. The van der Waals surface area contributed by atoms with E-state index in [9.17, 15) is 9.90 Å². The zero-order chi connectivity index (χ0) is 17.4. The average Bonchev–Trinajstić information content (AvgIpc) is 3.16. The molecule has 0 saturated heterocycles. The lowest BCUT2D eigenvalue weighted by Gasteiger charge is -2.23. The third-order valence-corrected chi connectivity index (χ3v) is 6.54. The molecule has 1 saturated carbocycles. The maximum atomic E-state index is 11.3. The number of carbonyl (C=O) groups excluding carboxylic acids is 1. The van der Waals surface area contributed by atoms with Gasteiger partial charge >= 0.3 is 0 Å². The topological polar surface area (TPSA) is 98.3 Å². The van der Waals surface area contributed by atoms with Crippen molar-refractivity contribution in [3.63, 3.8) is 0 Å². The minimum Gasteiger partial charge on any atom is -0.474 e. The van der Waals surface area contributed by atoms with Crippen LogP contribution < -0.4 is 10.5 Å². The molecule has 1 fully saturated rings. The van der Waals surface area contributed by atoms with E-state index in [-0.39, 0.29) is 12.0 Å². The molecule has 2 aromatic heterocycles. The lowest BCUT2D eigenvalue weighted by Crippen LogP contribution is -2.29. The minimum atomic E-state index is -1.11. The number of thiophene rings is 1. The van der Waals surface area contributed by atoms with E-state index in [1.165, 1.54) is 24.1 Å². The summed E-state index contributed by atoms with van der Waals surface area (Å²) in [5, 5.41) is 10.9. The number of nitrogens with two attached hydrogens (primary N) is 1. The number of aryl methyl sites for hydroxylation is 1. The molecule has 0 aliphatic heterocycles. The number of primary amides is 1. The first-order valence-corrected chi connectivity index (χ1v) is 9.85. The predicted octanol–water partition coefficient (Wildman–Crippen LogP) is 2.67. The van der Waals surface area contributed by atoms with Crippen molar-refractivity contribution in [2.75, 3.05) is 0 Å². The van der Waals surface area contributed by atoms with Crippen LogP contribution in [0.15, 0.2) is 6.33 Å². The Labute approximate surface area is 150 Å². The molecular weight excluding hydrogens is 338 g/mol. The van der Waals surface area contributed by atoms with Crippen LogP contribution in [0.1, 0.15) is 61.3 Å². The highest BCUT2D eigenvalue weighted by atomic mass is 32.1. The molecule has 2 aliphatic carbocycles. The standard InChI is InChI=1S/C18H23N3O3S/c19-16(23)12(22)8-10-6-7-13-14(10)15-17(20-9-21-18(15)25-13)24-11-4-2-1-3-5-11/h9-12,22H,1-8H2,(H2,19,23)/t10-,12-/m1/s1. The van der Waals surface area contributed by atoms with Gasteiger partial charge in [0.2, 0.25) is 11.8 Å². The van der Waals surface area contributed by atoms with Gasteiger partial charge in [-0.05, 0) is 56.4 Å². The second-order valence-electron chi connectivity index (χ2n) is 7.07. The van der Waals surface area contributed by atoms with Crippen molar-refractivity contribution in [3.8, 4) is 5.88 Å². The van der Waals surface area contributed by atoms with Gasteiger partial charge in [-0.15, -0.1) is 11.3 Å². The Balaban J connectivity index is 1.67. The fourth-order valence-corrected chi connectivity index (χ4v) is 5.32. The number of rotatable bonds is 5. The van der Waals surface area contributed by atoms with Crippen molar-refractivity contribution in [2.24, 2.45) is 5.73 Å². The summed E-state index contributed by atoms with van der Waals surface area (Å²) in [7, 11) is 0. The van der Waals surface area contributed by atoms with Crippen LogP contribution in [-0.2, 0) is 11.2 Å². The van der Waals surface area contributed by atoms with Crippen LogP contribution in [0.4, 0.5) is 0 Å². The molecule has 134 valence electrons. The van der Waals surface area contributed by atoms with Crippen molar-refractivity contribution in [2.45, 2.75) is 69.5 Å². The van der Waals surface area contributed by atoms with E-state index in [1.54, 1.807) is 17.7 Å². The molecule has 0 spiro atoms. The Kier molecular flexibility index (Phi) is 4.60. The fourth-order valence-electron chi connectivity index (χ4n) is 4.09. The lowest BCUT2D eigenvalue weighted by atomic mass is 9.94. The number of aliphatic hydroxyl groups excluding tert-OH is 1. The first-order valence-electron chi connectivity index (χ1n) is 9.03. The molecule has 25 heavy (non-hydrogen) atoms. The lowest BCUT2D eigenvalue weighted by molar-refractivity contribution is -0.126. The number of hydrogen-bond donors (Lipinski definition) is 2. The summed E-state index contributed by atoms with van der Waals surface area (Å²) in [6, 6.07) is 0. The number of fused-ring (bicyclic) bond motifs is 3. The average molecular weight is 361 g/mol. The summed E-state index contributed by atoms with van der Waals surface area (Å²) in [6.45, 7) is 0. The molecule has 2 atom stereocenters. The molecule has 2 heterocycles. The summed E-state index contributed by atoms with van der Waals surface area (Å²) in [6.07, 6.45) is 8.71.